The highest BCUT2D eigenvalue weighted by molar-refractivity contribution is 5.91. The number of hydrogen-bond acceptors (Lipinski definition) is 4. The average molecular weight is 281 g/mol. The van der Waals surface area contributed by atoms with E-state index in [0.717, 1.165) is 26.1 Å². The Balaban J connectivity index is 1.81. The monoisotopic (exact) mass is 281 g/mol. The van der Waals surface area contributed by atoms with Crippen molar-refractivity contribution in [2.75, 3.05) is 43.9 Å². The fraction of sp³-hybridized carbons (Fsp3) is 0.500. The van der Waals surface area contributed by atoms with Crippen LogP contribution >= 0.6 is 0 Å². The first-order valence-electron chi connectivity index (χ1n) is 6.80. The highest BCUT2D eigenvalue weighted by atomic mass is 19.1. The van der Waals surface area contributed by atoms with Crippen LogP contribution in [-0.4, -0.2) is 43.7 Å². The van der Waals surface area contributed by atoms with Gasteiger partial charge in [0.25, 0.3) is 0 Å². The SMILES string of the molecule is Nc1ccc(F)c(NC(=O)CCN2CCCOCC2)c1. The molecule has 1 amide bonds. The molecule has 0 unspecified atom stereocenters. The number of nitrogens with two attached hydrogens (primary N) is 1. The minimum Gasteiger partial charge on any atom is -0.399 e. The van der Waals surface area contributed by atoms with Crippen molar-refractivity contribution in [1.29, 1.82) is 0 Å². The molecule has 6 heteroatoms. The van der Waals surface area contributed by atoms with E-state index in [2.05, 4.69) is 10.2 Å². The van der Waals surface area contributed by atoms with Gasteiger partial charge in [0.15, 0.2) is 0 Å². The van der Waals surface area contributed by atoms with Crippen LogP contribution in [0.4, 0.5) is 15.8 Å². The summed E-state index contributed by atoms with van der Waals surface area (Å²) >= 11 is 0. The van der Waals surface area contributed by atoms with Gasteiger partial charge in [0.05, 0.1) is 12.3 Å². The molecular weight excluding hydrogens is 261 g/mol. The molecule has 0 spiro atoms. The molecule has 0 atom stereocenters. The van der Waals surface area contributed by atoms with Gasteiger partial charge in [-0.2, -0.15) is 0 Å². The highest BCUT2D eigenvalue weighted by Crippen LogP contribution is 2.17. The van der Waals surface area contributed by atoms with Gasteiger partial charge in [-0.1, -0.05) is 0 Å². The summed E-state index contributed by atoms with van der Waals surface area (Å²) in [4.78, 5) is 14.0. The maximum absolute atomic E-state index is 13.5. The quantitative estimate of drug-likeness (QED) is 0.820. The molecule has 20 heavy (non-hydrogen) atoms. The number of nitrogens with zero attached hydrogens (tertiary/aromatic N) is 1. The predicted octanol–water partition coefficient (Wildman–Crippen LogP) is 1.46. The van der Waals surface area contributed by atoms with Gasteiger partial charge < -0.3 is 20.7 Å². The van der Waals surface area contributed by atoms with E-state index in [1.807, 2.05) is 0 Å². The summed E-state index contributed by atoms with van der Waals surface area (Å²) in [6.07, 6.45) is 1.31. The lowest BCUT2D eigenvalue weighted by Gasteiger charge is -2.18. The van der Waals surface area contributed by atoms with E-state index in [-0.39, 0.29) is 11.6 Å². The van der Waals surface area contributed by atoms with Gasteiger partial charge in [-0.05, 0) is 24.6 Å². The van der Waals surface area contributed by atoms with Crippen molar-refractivity contribution in [2.24, 2.45) is 0 Å². The maximum Gasteiger partial charge on any atom is 0.225 e. The van der Waals surface area contributed by atoms with Crippen LogP contribution in [0.3, 0.4) is 0 Å². The van der Waals surface area contributed by atoms with Crippen molar-refractivity contribution < 1.29 is 13.9 Å². The van der Waals surface area contributed by atoms with Crippen LogP contribution in [0.1, 0.15) is 12.8 Å². The molecule has 5 nitrogen and oxygen atoms in total. The first-order chi connectivity index (χ1) is 9.65. The van der Waals surface area contributed by atoms with Crippen LogP contribution in [0, 0.1) is 5.82 Å². The number of anilines is 2. The van der Waals surface area contributed by atoms with Gasteiger partial charge >= 0.3 is 0 Å². The number of benzene rings is 1. The molecule has 0 aliphatic carbocycles. The maximum atomic E-state index is 13.5. The zero-order chi connectivity index (χ0) is 14.4. The van der Waals surface area contributed by atoms with Crippen molar-refractivity contribution in [3.63, 3.8) is 0 Å². The topological polar surface area (TPSA) is 67.6 Å². The molecule has 1 aromatic carbocycles. The number of halogens is 1. The van der Waals surface area contributed by atoms with Crippen molar-refractivity contribution in [1.82, 2.24) is 4.90 Å². The molecule has 3 N–H and O–H groups in total. The van der Waals surface area contributed by atoms with Crippen LogP contribution in [0.5, 0.6) is 0 Å². The van der Waals surface area contributed by atoms with E-state index in [9.17, 15) is 9.18 Å². The van der Waals surface area contributed by atoms with Crippen molar-refractivity contribution in [3.05, 3.63) is 24.0 Å². The van der Waals surface area contributed by atoms with E-state index < -0.39 is 5.82 Å². The standard InChI is InChI=1S/C14H20FN3O2/c15-12-3-2-11(16)10-13(12)17-14(19)4-6-18-5-1-8-20-9-7-18/h2-3,10H,1,4-9,16H2,(H,17,19). The first-order valence-corrected chi connectivity index (χ1v) is 6.80. The number of carbonyl (C=O) groups excluding carboxylic acids is 1. The number of rotatable bonds is 4. The van der Waals surface area contributed by atoms with Gasteiger partial charge in [-0.25, -0.2) is 4.39 Å². The lowest BCUT2D eigenvalue weighted by atomic mass is 10.2. The smallest absolute Gasteiger partial charge is 0.225 e. The minimum absolute atomic E-state index is 0.134. The number of amides is 1. The molecule has 2 rings (SSSR count). The largest absolute Gasteiger partial charge is 0.399 e. The van der Waals surface area contributed by atoms with Crippen molar-refractivity contribution in [2.45, 2.75) is 12.8 Å². The fourth-order valence-electron chi connectivity index (χ4n) is 2.13. The number of nitrogens with one attached hydrogen (secondary N) is 1. The lowest BCUT2D eigenvalue weighted by molar-refractivity contribution is -0.116. The minimum atomic E-state index is -0.476. The molecule has 110 valence electrons. The Morgan fingerprint density at radius 2 is 2.25 bits per heavy atom. The third-order valence-corrected chi connectivity index (χ3v) is 3.23. The molecule has 1 heterocycles. The number of carbonyl (C=O) groups is 1. The molecular formula is C14H20FN3O2. The molecule has 1 aliphatic heterocycles. The predicted molar refractivity (Wildman–Crippen MR) is 75.9 cm³/mol. The second kappa shape index (κ2) is 7.21. The zero-order valence-electron chi connectivity index (χ0n) is 11.4. The fourth-order valence-corrected chi connectivity index (χ4v) is 2.13. The normalized spacial score (nSPS) is 16.6. The molecule has 0 radical (unpaired) electrons. The van der Waals surface area contributed by atoms with Gasteiger partial charge in [0.2, 0.25) is 5.91 Å². The van der Waals surface area contributed by atoms with Gasteiger partial charge in [-0.15, -0.1) is 0 Å². The van der Waals surface area contributed by atoms with E-state index in [1.54, 1.807) is 0 Å². The molecule has 1 aliphatic rings. The van der Waals surface area contributed by atoms with E-state index in [1.165, 1.54) is 18.2 Å². The van der Waals surface area contributed by atoms with E-state index in [0.29, 0.717) is 25.3 Å². The lowest BCUT2D eigenvalue weighted by Crippen LogP contribution is -2.30. The molecule has 1 fully saturated rings. The van der Waals surface area contributed by atoms with Crippen LogP contribution in [-0.2, 0) is 9.53 Å². The Bertz CT molecular complexity index is 460. The summed E-state index contributed by atoms with van der Waals surface area (Å²) in [6.45, 7) is 3.89. The summed E-state index contributed by atoms with van der Waals surface area (Å²) in [6, 6.07) is 4.13. The first kappa shape index (κ1) is 14.7. The van der Waals surface area contributed by atoms with Gasteiger partial charge in [0.1, 0.15) is 5.82 Å². The summed E-state index contributed by atoms with van der Waals surface area (Å²) < 4.78 is 18.8. The number of hydrogen-bond donors (Lipinski definition) is 2. The Kier molecular flexibility index (Phi) is 5.31. The Morgan fingerprint density at radius 1 is 1.40 bits per heavy atom. The van der Waals surface area contributed by atoms with Crippen LogP contribution in [0.25, 0.3) is 0 Å². The Labute approximate surface area is 117 Å². The molecule has 1 aromatic rings. The average Bonchev–Trinajstić information content (AvgIpc) is 2.69. The summed E-state index contributed by atoms with van der Waals surface area (Å²) in [5.41, 5.74) is 6.13. The van der Waals surface area contributed by atoms with E-state index >= 15 is 0 Å². The molecule has 0 saturated carbocycles. The molecule has 1 saturated heterocycles. The van der Waals surface area contributed by atoms with Crippen molar-refractivity contribution in [3.8, 4) is 0 Å². The second-order valence-corrected chi connectivity index (χ2v) is 4.85. The van der Waals surface area contributed by atoms with Crippen LogP contribution in [0.2, 0.25) is 0 Å². The van der Waals surface area contributed by atoms with E-state index in [4.69, 9.17) is 10.5 Å². The van der Waals surface area contributed by atoms with Crippen LogP contribution < -0.4 is 11.1 Å². The second-order valence-electron chi connectivity index (χ2n) is 4.85. The Morgan fingerprint density at radius 3 is 3.10 bits per heavy atom. The van der Waals surface area contributed by atoms with Gasteiger partial charge in [-0.3, -0.25) is 4.79 Å². The summed E-state index contributed by atoms with van der Waals surface area (Å²) in [5, 5.41) is 2.55. The zero-order valence-corrected chi connectivity index (χ0v) is 11.4. The molecule has 0 bridgehead atoms. The number of ether oxygens (including phenoxy) is 1. The third kappa shape index (κ3) is 4.47. The third-order valence-electron chi connectivity index (χ3n) is 3.23. The summed E-state index contributed by atoms with van der Waals surface area (Å²) in [5.74, 6) is -0.685. The van der Waals surface area contributed by atoms with Crippen LogP contribution in [0.15, 0.2) is 18.2 Å². The Hall–Kier alpha value is -1.66. The molecule has 0 aromatic heterocycles. The van der Waals surface area contributed by atoms with Crippen molar-refractivity contribution >= 4 is 17.3 Å². The highest BCUT2D eigenvalue weighted by Gasteiger charge is 2.12. The number of nitrogen functional groups attached to an aromatic ring is 1. The summed E-state index contributed by atoms with van der Waals surface area (Å²) in [7, 11) is 0. The van der Waals surface area contributed by atoms with Gasteiger partial charge in [0, 0.05) is 38.3 Å².